The van der Waals surface area contributed by atoms with Crippen LogP contribution in [0.3, 0.4) is 0 Å². The van der Waals surface area contributed by atoms with Gasteiger partial charge in [-0.05, 0) is 58.7 Å². The van der Waals surface area contributed by atoms with Crippen molar-refractivity contribution in [3.05, 3.63) is 0 Å². The zero-order valence-corrected chi connectivity index (χ0v) is 14.7. The van der Waals surface area contributed by atoms with Gasteiger partial charge in [-0.25, -0.2) is 0 Å². The predicted molar refractivity (Wildman–Crippen MR) is 91.3 cm³/mol. The van der Waals surface area contributed by atoms with Crippen LogP contribution in [0.4, 0.5) is 0 Å². The third kappa shape index (κ3) is 4.67. The summed E-state index contributed by atoms with van der Waals surface area (Å²) in [6, 6.07) is 0. The maximum absolute atomic E-state index is 5.69. The first-order chi connectivity index (χ1) is 10.7. The van der Waals surface area contributed by atoms with Gasteiger partial charge in [-0.1, -0.05) is 0 Å². The zero-order valence-electron chi connectivity index (χ0n) is 14.7. The second-order valence-electron chi connectivity index (χ2n) is 7.96. The number of rotatable bonds is 7. The lowest BCUT2D eigenvalue weighted by molar-refractivity contribution is 0.0531. The molecule has 0 N–H and O–H groups in total. The van der Waals surface area contributed by atoms with E-state index in [9.17, 15) is 0 Å². The van der Waals surface area contributed by atoms with Crippen LogP contribution >= 0.6 is 0 Å². The summed E-state index contributed by atoms with van der Waals surface area (Å²) in [4.78, 5) is 7.88. The lowest BCUT2D eigenvalue weighted by Crippen LogP contribution is -2.50. The molecule has 4 heteroatoms. The van der Waals surface area contributed by atoms with Crippen molar-refractivity contribution >= 4 is 0 Å². The smallest absolute Gasteiger partial charge is 0.0534 e. The Kier molecular flexibility index (Phi) is 5.77. The Hall–Kier alpha value is -0.160. The second-order valence-corrected chi connectivity index (χ2v) is 7.96. The van der Waals surface area contributed by atoms with E-state index in [2.05, 4.69) is 28.7 Å². The summed E-state index contributed by atoms with van der Waals surface area (Å²) in [6.45, 7) is 14.2. The molecular formula is C18H35N3O. The topological polar surface area (TPSA) is 19.0 Å². The van der Waals surface area contributed by atoms with E-state index in [4.69, 9.17) is 4.74 Å². The fourth-order valence-corrected chi connectivity index (χ4v) is 4.06. The molecule has 2 heterocycles. The van der Waals surface area contributed by atoms with E-state index in [1.54, 1.807) is 0 Å². The van der Waals surface area contributed by atoms with Crippen molar-refractivity contribution < 1.29 is 4.74 Å². The van der Waals surface area contributed by atoms with Crippen molar-refractivity contribution in [1.29, 1.82) is 0 Å². The molecule has 3 aliphatic rings. The first-order valence-corrected chi connectivity index (χ1v) is 9.40. The van der Waals surface area contributed by atoms with Crippen molar-refractivity contribution in [2.75, 3.05) is 72.6 Å². The molecule has 3 rings (SSSR count). The minimum atomic E-state index is 0.520. The summed E-state index contributed by atoms with van der Waals surface area (Å²) in [5.41, 5.74) is 0.520. The molecule has 4 nitrogen and oxygen atoms in total. The first-order valence-electron chi connectivity index (χ1n) is 9.40. The fourth-order valence-electron chi connectivity index (χ4n) is 4.06. The van der Waals surface area contributed by atoms with Crippen LogP contribution in [0, 0.1) is 11.3 Å². The monoisotopic (exact) mass is 309 g/mol. The average Bonchev–Trinajstić information content (AvgIpc) is 3.29. The van der Waals surface area contributed by atoms with Crippen LogP contribution < -0.4 is 0 Å². The van der Waals surface area contributed by atoms with E-state index in [0.717, 1.165) is 19.1 Å². The van der Waals surface area contributed by atoms with Crippen LogP contribution in [0.5, 0.6) is 0 Å². The molecule has 0 bridgehead atoms. The standard InChI is InChI=1S/C18H35N3O/c1-3-22-16-18(6-7-18)15-21-12-10-20(11-13-21)14-17-4-8-19(2)9-5-17/h17H,3-16H2,1-2H3. The molecule has 2 saturated heterocycles. The van der Waals surface area contributed by atoms with Gasteiger partial charge in [0, 0.05) is 51.3 Å². The highest BCUT2D eigenvalue weighted by atomic mass is 16.5. The molecule has 1 saturated carbocycles. The van der Waals surface area contributed by atoms with E-state index in [1.165, 1.54) is 78.0 Å². The fraction of sp³-hybridized carbons (Fsp3) is 1.00. The Morgan fingerprint density at radius 2 is 1.59 bits per heavy atom. The molecule has 1 aliphatic carbocycles. The van der Waals surface area contributed by atoms with Gasteiger partial charge in [0.25, 0.3) is 0 Å². The van der Waals surface area contributed by atoms with Crippen LogP contribution in [-0.2, 0) is 4.74 Å². The molecule has 0 aromatic carbocycles. The number of hydrogen-bond acceptors (Lipinski definition) is 4. The zero-order chi connectivity index (χ0) is 15.4. The maximum atomic E-state index is 5.69. The summed E-state index contributed by atoms with van der Waals surface area (Å²) >= 11 is 0. The molecule has 0 atom stereocenters. The van der Waals surface area contributed by atoms with Gasteiger partial charge >= 0.3 is 0 Å². The van der Waals surface area contributed by atoms with Crippen LogP contribution in [0.2, 0.25) is 0 Å². The highest BCUT2D eigenvalue weighted by Crippen LogP contribution is 2.46. The summed E-state index contributed by atoms with van der Waals surface area (Å²) in [7, 11) is 2.25. The Morgan fingerprint density at radius 1 is 0.955 bits per heavy atom. The molecule has 0 radical (unpaired) electrons. The molecule has 0 unspecified atom stereocenters. The van der Waals surface area contributed by atoms with Gasteiger partial charge in [-0.2, -0.15) is 0 Å². The molecule has 128 valence electrons. The minimum Gasteiger partial charge on any atom is -0.381 e. The first kappa shape index (κ1) is 16.7. The molecule has 0 amide bonds. The van der Waals surface area contributed by atoms with Crippen molar-refractivity contribution in [2.24, 2.45) is 11.3 Å². The van der Waals surface area contributed by atoms with Crippen LogP contribution in [0.15, 0.2) is 0 Å². The normalized spacial score (nSPS) is 28.1. The highest BCUT2D eigenvalue weighted by molar-refractivity contribution is 4.96. The van der Waals surface area contributed by atoms with Gasteiger partial charge in [-0.3, -0.25) is 0 Å². The van der Waals surface area contributed by atoms with Gasteiger partial charge in [0.15, 0.2) is 0 Å². The van der Waals surface area contributed by atoms with E-state index < -0.39 is 0 Å². The van der Waals surface area contributed by atoms with Gasteiger partial charge in [0.1, 0.15) is 0 Å². The average molecular weight is 309 g/mol. The van der Waals surface area contributed by atoms with E-state index in [-0.39, 0.29) is 0 Å². The van der Waals surface area contributed by atoms with Gasteiger partial charge in [-0.15, -0.1) is 0 Å². The molecule has 2 aliphatic heterocycles. The van der Waals surface area contributed by atoms with E-state index in [0.29, 0.717) is 5.41 Å². The van der Waals surface area contributed by atoms with Gasteiger partial charge < -0.3 is 19.4 Å². The van der Waals surface area contributed by atoms with Crippen molar-refractivity contribution in [2.45, 2.75) is 32.6 Å². The molecule has 3 fully saturated rings. The SMILES string of the molecule is CCOCC1(CN2CCN(CC3CCN(C)CC3)CC2)CC1. The van der Waals surface area contributed by atoms with Gasteiger partial charge in [0.2, 0.25) is 0 Å². The van der Waals surface area contributed by atoms with Crippen molar-refractivity contribution in [1.82, 2.24) is 14.7 Å². The third-order valence-electron chi connectivity index (χ3n) is 5.95. The number of piperazine rings is 1. The van der Waals surface area contributed by atoms with Crippen LogP contribution in [-0.4, -0.2) is 87.3 Å². The maximum Gasteiger partial charge on any atom is 0.0534 e. The molecular weight excluding hydrogens is 274 g/mol. The molecule has 0 aromatic rings. The Balaban J connectivity index is 1.34. The lowest BCUT2D eigenvalue weighted by atomic mass is 9.96. The number of hydrogen-bond donors (Lipinski definition) is 0. The van der Waals surface area contributed by atoms with E-state index >= 15 is 0 Å². The number of piperidine rings is 1. The number of ether oxygens (including phenoxy) is 1. The number of nitrogens with zero attached hydrogens (tertiary/aromatic N) is 3. The summed E-state index contributed by atoms with van der Waals surface area (Å²) in [5.74, 6) is 0.940. The molecule has 0 spiro atoms. The van der Waals surface area contributed by atoms with Crippen LogP contribution in [0.1, 0.15) is 32.6 Å². The Morgan fingerprint density at radius 3 is 2.18 bits per heavy atom. The highest BCUT2D eigenvalue weighted by Gasteiger charge is 2.44. The van der Waals surface area contributed by atoms with E-state index in [1.807, 2.05) is 0 Å². The van der Waals surface area contributed by atoms with Gasteiger partial charge in [0.05, 0.1) is 6.61 Å². The predicted octanol–water partition coefficient (Wildman–Crippen LogP) is 1.76. The quantitative estimate of drug-likeness (QED) is 0.713. The largest absolute Gasteiger partial charge is 0.381 e. The Labute approximate surface area is 136 Å². The second kappa shape index (κ2) is 7.61. The van der Waals surface area contributed by atoms with Crippen molar-refractivity contribution in [3.8, 4) is 0 Å². The summed E-state index contributed by atoms with van der Waals surface area (Å²) in [6.07, 6.45) is 5.55. The Bertz CT molecular complexity index is 329. The minimum absolute atomic E-state index is 0.520. The van der Waals surface area contributed by atoms with Crippen molar-refractivity contribution in [3.63, 3.8) is 0 Å². The lowest BCUT2D eigenvalue weighted by Gasteiger charge is -2.39. The third-order valence-corrected chi connectivity index (χ3v) is 5.95. The molecule has 22 heavy (non-hydrogen) atoms. The van der Waals surface area contributed by atoms with Crippen LogP contribution in [0.25, 0.3) is 0 Å². The summed E-state index contributed by atoms with van der Waals surface area (Å²) in [5, 5.41) is 0. The molecule has 0 aromatic heterocycles. The number of likely N-dealkylation sites (tertiary alicyclic amines) is 1. The summed E-state index contributed by atoms with van der Waals surface area (Å²) < 4.78 is 5.69.